The molecule has 0 unspecified atom stereocenters. The molecule has 5 rings (SSSR count). The van der Waals surface area contributed by atoms with Gasteiger partial charge in [-0.2, -0.15) is 5.11 Å². The van der Waals surface area contributed by atoms with Crippen LogP contribution in [0.25, 0.3) is 10.8 Å². The maximum atomic E-state index is 11.0. The van der Waals surface area contributed by atoms with Crippen molar-refractivity contribution in [3.05, 3.63) is 102 Å². The smallest absolute Gasteiger partial charge is 0.151 e. The molecule has 0 aromatic heterocycles. The third-order valence-corrected chi connectivity index (χ3v) is 6.18. The summed E-state index contributed by atoms with van der Waals surface area (Å²) >= 11 is 0. The second-order valence-corrected chi connectivity index (χ2v) is 9.07. The van der Waals surface area contributed by atoms with Gasteiger partial charge in [-0.3, -0.25) is 0 Å². The molecule has 0 aliphatic heterocycles. The molecule has 0 aliphatic rings. The fraction of sp³-hybridized carbons (Fsp3) is 0.0968. The molecule has 3 N–H and O–H groups in total. The number of aryl methyl sites for hydroxylation is 2. The van der Waals surface area contributed by atoms with E-state index >= 15 is 0 Å². The number of para-hydroxylation sites is 1. The van der Waals surface area contributed by atoms with Crippen molar-refractivity contribution >= 4 is 44.9 Å². The number of rotatable bonds is 7. The largest absolute Gasteiger partial charge is 0.506 e. The molecule has 5 aromatic rings. The fourth-order valence-corrected chi connectivity index (χ4v) is 4.10. The number of nitrogens with zero attached hydrogens (tertiary/aromatic N) is 4. The van der Waals surface area contributed by atoms with Crippen molar-refractivity contribution in [1.29, 1.82) is 0 Å². The number of azo groups is 2. The Balaban J connectivity index is 0.00000370. The van der Waals surface area contributed by atoms with E-state index in [1.54, 1.807) is 0 Å². The average Bonchev–Trinajstić information content (AvgIpc) is 2.94. The summed E-state index contributed by atoms with van der Waals surface area (Å²) in [7, 11) is 1.50. The van der Waals surface area contributed by atoms with Crippen molar-refractivity contribution in [1.82, 2.24) is 0 Å². The van der Waals surface area contributed by atoms with Crippen LogP contribution in [-0.2, 0) is 17.1 Å². The molecule has 205 valence electrons. The van der Waals surface area contributed by atoms with E-state index in [9.17, 15) is 10.2 Å². The van der Waals surface area contributed by atoms with E-state index in [1.807, 2.05) is 92.7 Å². The van der Waals surface area contributed by atoms with Crippen molar-refractivity contribution in [2.45, 2.75) is 13.8 Å². The zero-order chi connectivity index (χ0) is 27.4. The summed E-state index contributed by atoms with van der Waals surface area (Å²) in [4.78, 5) is 0. The number of hydrogen-bond donors (Lipinski definition) is 3. The van der Waals surface area contributed by atoms with Crippen molar-refractivity contribution < 1.29 is 32.0 Å². The maximum Gasteiger partial charge on any atom is 0.151 e. The number of phenolic OH excluding ortho intramolecular Hbond substituents is 2. The molecule has 0 saturated carbocycles. The van der Waals surface area contributed by atoms with E-state index in [-0.39, 0.29) is 34.3 Å². The van der Waals surface area contributed by atoms with Gasteiger partial charge in [0.1, 0.15) is 28.6 Å². The van der Waals surface area contributed by atoms with Crippen LogP contribution in [0.3, 0.4) is 0 Å². The van der Waals surface area contributed by atoms with Gasteiger partial charge >= 0.3 is 0 Å². The molecule has 0 aliphatic carbocycles. The first-order chi connectivity index (χ1) is 18.9. The number of hydrogen-bond acceptors (Lipinski definition) is 8. The number of aromatic hydroxyl groups is 2. The van der Waals surface area contributed by atoms with Crippen molar-refractivity contribution in [3.63, 3.8) is 0 Å². The van der Waals surface area contributed by atoms with E-state index in [0.717, 1.165) is 27.9 Å². The van der Waals surface area contributed by atoms with E-state index in [4.69, 9.17) is 4.74 Å². The standard InChI is InChI=1S/C31H27N5O3.Cu/c1-19-9-11-23(12-10-19)33-35-27-17-28(37)26(18-29(27)39-3)34-36-30-20(2)15-21-16-24(13-14-25(21)31(30)38)32-22-7-5-4-6-8-22;/h4-18,32,37-38H,1-3H3;. The zero-order valence-corrected chi connectivity index (χ0v) is 23.0. The Morgan fingerprint density at radius 3 is 2.15 bits per heavy atom. The summed E-state index contributed by atoms with van der Waals surface area (Å²) in [6.07, 6.45) is 0. The first-order valence-electron chi connectivity index (χ1n) is 12.3. The van der Waals surface area contributed by atoms with Crippen molar-refractivity contribution in [3.8, 4) is 17.2 Å². The van der Waals surface area contributed by atoms with Crippen LogP contribution in [0.15, 0.2) is 111 Å². The number of anilines is 2. The molecule has 40 heavy (non-hydrogen) atoms. The van der Waals surface area contributed by atoms with E-state index in [0.29, 0.717) is 28.2 Å². The van der Waals surface area contributed by atoms with Gasteiger partial charge in [-0.25, -0.2) is 0 Å². The van der Waals surface area contributed by atoms with E-state index < -0.39 is 0 Å². The van der Waals surface area contributed by atoms with Crippen molar-refractivity contribution in [2.24, 2.45) is 20.5 Å². The first-order valence-corrected chi connectivity index (χ1v) is 12.3. The zero-order valence-electron chi connectivity index (χ0n) is 22.1. The molecular weight excluding hydrogens is 554 g/mol. The Morgan fingerprint density at radius 2 is 1.43 bits per heavy atom. The van der Waals surface area contributed by atoms with Crippen LogP contribution in [0.5, 0.6) is 17.2 Å². The predicted octanol–water partition coefficient (Wildman–Crippen LogP) is 9.45. The van der Waals surface area contributed by atoms with Gasteiger partial charge in [0, 0.05) is 46.0 Å². The summed E-state index contributed by atoms with van der Waals surface area (Å²) in [5, 5.41) is 43.4. The number of methoxy groups -OCH3 is 1. The minimum absolute atomic E-state index is 0. The minimum Gasteiger partial charge on any atom is -0.506 e. The molecule has 0 heterocycles. The molecule has 8 nitrogen and oxygen atoms in total. The SMILES string of the molecule is COc1cc(N=Nc2c(C)cc3cc(Nc4ccccc4)ccc3c2O)c(O)cc1N=Nc1ccc(C)cc1.[Cu]. The monoisotopic (exact) mass is 580 g/mol. The summed E-state index contributed by atoms with van der Waals surface area (Å²) in [5.41, 5.74) is 5.23. The van der Waals surface area contributed by atoms with Crippen LogP contribution < -0.4 is 10.1 Å². The Bertz CT molecular complexity index is 1710. The van der Waals surface area contributed by atoms with Gasteiger partial charge in [-0.15, -0.1) is 15.3 Å². The van der Waals surface area contributed by atoms with Crippen molar-refractivity contribution in [2.75, 3.05) is 12.4 Å². The number of fused-ring (bicyclic) bond motifs is 1. The van der Waals surface area contributed by atoms with Crippen LogP contribution in [0.1, 0.15) is 11.1 Å². The topological polar surface area (TPSA) is 111 Å². The Labute approximate surface area is 242 Å². The molecule has 5 aromatic carbocycles. The van der Waals surface area contributed by atoms with E-state index in [2.05, 4.69) is 25.8 Å². The van der Waals surface area contributed by atoms with Gasteiger partial charge in [0.25, 0.3) is 0 Å². The van der Waals surface area contributed by atoms with Crippen LogP contribution >= 0.6 is 0 Å². The normalized spacial score (nSPS) is 11.2. The summed E-state index contributed by atoms with van der Waals surface area (Å²) in [6, 6.07) is 28.0. The number of phenols is 2. The van der Waals surface area contributed by atoms with Crippen LogP contribution in [-0.4, -0.2) is 17.3 Å². The van der Waals surface area contributed by atoms with Gasteiger partial charge < -0.3 is 20.3 Å². The maximum absolute atomic E-state index is 11.0. The molecule has 9 heteroatoms. The van der Waals surface area contributed by atoms with Gasteiger partial charge in [0.2, 0.25) is 0 Å². The molecule has 0 amide bonds. The Kier molecular flexibility index (Phi) is 8.79. The second kappa shape index (κ2) is 12.4. The summed E-state index contributed by atoms with van der Waals surface area (Å²) < 4.78 is 5.44. The number of nitrogens with one attached hydrogen (secondary N) is 1. The molecular formula is C31H27CuN5O3. The average molecular weight is 581 g/mol. The quantitative estimate of drug-likeness (QED) is 0.131. The predicted molar refractivity (Wildman–Crippen MR) is 154 cm³/mol. The van der Waals surface area contributed by atoms with Gasteiger partial charge in [0.15, 0.2) is 5.75 Å². The van der Waals surface area contributed by atoms with Gasteiger partial charge in [0.05, 0.1) is 12.8 Å². The van der Waals surface area contributed by atoms with Gasteiger partial charge in [-0.1, -0.05) is 35.9 Å². The molecule has 1 radical (unpaired) electrons. The Morgan fingerprint density at radius 1 is 0.700 bits per heavy atom. The first kappa shape index (κ1) is 28.3. The molecule has 0 saturated heterocycles. The summed E-state index contributed by atoms with van der Waals surface area (Å²) in [5.74, 6) is 0.234. The third kappa shape index (κ3) is 6.28. The minimum atomic E-state index is -0.146. The van der Waals surface area contributed by atoms with Crippen LogP contribution in [0, 0.1) is 13.8 Å². The third-order valence-electron chi connectivity index (χ3n) is 6.18. The molecule has 0 bridgehead atoms. The molecule has 0 fully saturated rings. The Hall–Kier alpha value is -4.72. The molecule has 0 spiro atoms. The summed E-state index contributed by atoms with van der Waals surface area (Å²) in [6.45, 7) is 3.84. The fourth-order valence-electron chi connectivity index (χ4n) is 4.10. The van der Waals surface area contributed by atoms with E-state index in [1.165, 1.54) is 19.2 Å². The molecule has 0 atom stereocenters. The van der Waals surface area contributed by atoms with Gasteiger partial charge in [-0.05, 0) is 73.3 Å². The van der Waals surface area contributed by atoms with Crippen LogP contribution in [0.4, 0.5) is 34.1 Å². The second-order valence-electron chi connectivity index (χ2n) is 9.07. The number of ether oxygens (including phenoxy) is 1. The van der Waals surface area contributed by atoms with Crippen LogP contribution in [0.2, 0.25) is 0 Å². The number of benzene rings is 5.